The predicted molar refractivity (Wildman–Crippen MR) is 165 cm³/mol. The van der Waals surface area contributed by atoms with E-state index in [4.69, 9.17) is 21.1 Å². The van der Waals surface area contributed by atoms with Crippen LogP contribution in [0.15, 0.2) is 54.9 Å². The minimum Gasteiger partial charge on any atom is -0.495 e. The Bertz CT molecular complexity index is 1710. The summed E-state index contributed by atoms with van der Waals surface area (Å²) in [5, 5.41) is 10.3. The molecule has 3 aromatic rings. The van der Waals surface area contributed by atoms with Gasteiger partial charge in [-0.15, -0.1) is 0 Å². The summed E-state index contributed by atoms with van der Waals surface area (Å²) >= 11 is 6.33. The lowest BCUT2D eigenvalue weighted by Gasteiger charge is -2.40. The minimum absolute atomic E-state index is 0.0562. The van der Waals surface area contributed by atoms with Gasteiger partial charge in [-0.1, -0.05) is 44.5 Å². The van der Waals surface area contributed by atoms with E-state index in [1.165, 1.54) is 42.3 Å². The van der Waals surface area contributed by atoms with E-state index in [-0.39, 0.29) is 39.9 Å². The molecule has 0 radical (unpaired) electrons. The zero-order valence-corrected chi connectivity index (χ0v) is 26.3. The van der Waals surface area contributed by atoms with Gasteiger partial charge < -0.3 is 14.6 Å². The van der Waals surface area contributed by atoms with Crippen molar-refractivity contribution in [1.29, 1.82) is 0 Å². The number of esters is 1. The van der Waals surface area contributed by atoms with E-state index in [2.05, 4.69) is 4.98 Å². The van der Waals surface area contributed by atoms with Crippen molar-refractivity contribution < 1.29 is 33.4 Å². The van der Waals surface area contributed by atoms with Crippen molar-refractivity contribution in [3.05, 3.63) is 82.4 Å². The van der Waals surface area contributed by atoms with E-state index in [0.717, 1.165) is 0 Å². The van der Waals surface area contributed by atoms with Crippen LogP contribution in [0.4, 0.5) is 15.8 Å². The molecule has 2 amide bonds. The summed E-state index contributed by atoms with van der Waals surface area (Å²) in [6.07, 6.45) is 3.57. The SMILES string of the molecule is COC(=O)c1ccc(N2CN3[C@@H](CC(C)(C)C)[C@@]4(C(=O)N(CO)c5ccncc54)[C@@H](c4cccc(Cl)c4F)[C@@H]3C2=O)c(OC)c1. The Kier molecular flexibility index (Phi) is 7.62. The first kappa shape index (κ1) is 30.9. The third kappa shape index (κ3) is 4.51. The van der Waals surface area contributed by atoms with Gasteiger partial charge in [0.25, 0.3) is 0 Å². The number of hydrogen-bond acceptors (Lipinski definition) is 8. The molecular weight excluding hydrogens is 603 g/mol. The van der Waals surface area contributed by atoms with E-state index < -0.39 is 47.8 Å². The van der Waals surface area contributed by atoms with E-state index >= 15 is 4.39 Å². The largest absolute Gasteiger partial charge is 0.495 e. The normalized spacial score (nSPS) is 24.4. The third-order valence-corrected chi connectivity index (χ3v) is 9.49. The topological polar surface area (TPSA) is 113 Å². The summed E-state index contributed by atoms with van der Waals surface area (Å²) in [7, 11) is 2.71. The Morgan fingerprint density at radius 2 is 1.91 bits per heavy atom. The van der Waals surface area contributed by atoms with Crippen LogP contribution in [0.25, 0.3) is 0 Å². The number of carbonyl (C=O) groups is 3. The molecule has 2 saturated heterocycles. The average molecular weight is 637 g/mol. The van der Waals surface area contributed by atoms with Crippen LogP contribution in [-0.2, 0) is 19.7 Å². The minimum atomic E-state index is -1.48. The summed E-state index contributed by atoms with van der Waals surface area (Å²) in [6, 6.07) is 9.30. The van der Waals surface area contributed by atoms with Gasteiger partial charge in [-0.2, -0.15) is 0 Å². The van der Waals surface area contributed by atoms with Gasteiger partial charge in [-0.25, -0.2) is 9.18 Å². The number of amides is 2. The molecule has 4 atom stereocenters. The van der Waals surface area contributed by atoms with Crippen LogP contribution in [0.2, 0.25) is 5.02 Å². The second kappa shape index (κ2) is 11.1. The van der Waals surface area contributed by atoms with Gasteiger partial charge in [-0.3, -0.25) is 29.3 Å². The highest BCUT2D eigenvalue weighted by Crippen LogP contribution is 2.62. The number of benzene rings is 2. The van der Waals surface area contributed by atoms with Crippen LogP contribution in [0, 0.1) is 11.2 Å². The molecule has 0 unspecified atom stereocenters. The summed E-state index contributed by atoms with van der Waals surface area (Å²) in [5.41, 5.74) is -0.0362. The number of ether oxygens (including phenoxy) is 2. The van der Waals surface area contributed by atoms with Gasteiger partial charge in [0.15, 0.2) is 0 Å². The van der Waals surface area contributed by atoms with Gasteiger partial charge in [-0.05, 0) is 47.7 Å². The predicted octanol–water partition coefficient (Wildman–Crippen LogP) is 4.48. The van der Waals surface area contributed by atoms with Crippen molar-refractivity contribution in [2.75, 3.05) is 37.4 Å². The summed E-state index contributed by atoms with van der Waals surface area (Å²) < 4.78 is 26.6. The number of rotatable bonds is 6. The molecule has 3 aliphatic heterocycles. The molecule has 0 saturated carbocycles. The fraction of sp³-hybridized carbons (Fsp3) is 0.394. The zero-order valence-electron chi connectivity index (χ0n) is 25.6. The average Bonchev–Trinajstić information content (AvgIpc) is 3.58. The maximum Gasteiger partial charge on any atom is 0.337 e. The lowest BCUT2D eigenvalue weighted by atomic mass is 9.62. The number of nitrogens with zero attached hydrogens (tertiary/aromatic N) is 4. The summed E-state index contributed by atoms with van der Waals surface area (Å²) in [4.78, 5) is 50.9. The first-order chi connectivity index (χ1) is 21.4. The fourth-order valence-corrected chi connectivity index (χ4v) is 7.68. The zero-order chi connectivity index (χ0) is 32.4. The lowest BCUT2D eigenvalue weighted by molar-refractivity contribution is -0.125. The van der Waals surface area contributed by atoms with Crippen LogP contribution in [0.5, 0.6) is 5.75 Å². The van der Waals surface area contributed by atoms with Crippen LogP contribution in [0.3, 0.4) is 0 Å². The van der Waals surface area contributed by atoms with E-state index in [1.807, 2.05) is 25.7 Å². The number of fused-ring (bicyclic) bond motifs is 3. The standard InChI is InChI=1S/C33H34ClFN4O6/c1-32(2,3)14-25-33(20-15-36-12-11-22(20)39(17-40)31(33)43)26(19-7-6-8-21(34)27(19)35)28-29(41)37(16-38(25)28)23-10-9-18(30(42)45-5)13-24(23)44-4/h6-13,15,25-26,28,40H,14,16-17H2,1-5H3/t25-,26-,28+,33+/m0/s1. The first-order valence-corrected chi connectivity index (χ1v) is 14.9. The van der Waals surface area contributed by atoms with Crippen LogP contribution in [0.1, 0.15) is 54.6 Å². The number of carbonyl (C=O) groups excluding carboxylic acids is 3. The second-order valence-electron chi connectivity index (χ2n) is 12.8. The molecule has 1 spiro atoms. The van der Waals surface area contributed by atoms with Gasteiger partial charge in [0, 0.05) is 29.9 Å². The van der Waals surface area contributed by atoms with Crippen molar-refractivity contribution in [1.82, 2.24) is 9.88 Å². The molecule has 1 aromatic heterocycles. The number of anilines is 2. The molecule has 12 heteroatoms. The molecule has 3 aliphatic rings. The van der Waals surface area contributed by atoms with Crippen LogP contribution < -0.4 is 14.5 Å². The molecule has 6 rings (SSSR count). The quantitative estimate of drug-likeness (QED) is 0.394. The second-order valence-corrected chi connectivity index (χ2v) is 13.2. The number of pyridine rings is 1. The van der Waals surface area contributed by atoms with Crippen molar-refractivity contribution in [2.24, 2.45) is 5.41 Å². The highest BCUT2D eigenvalue weighted by Gasteiger charge is 2.72. The number of aliphatic hydroxyl groups is 1. The number of aromatic nitrogens is 1. The van der Waals surface area contributed by atoms with Gasteiger partial charge >= 0.3 is 5.97 Å². The molecule has 2 aromatic carbocycles. The smallest absolute Gasteiger partial charge is 0.337 e. The van der Waals surface area contributed by atoms with Gasteiger partial charge in [0.1, 0.15) is 23.7 Å². The Morgan fingerprint density at radius 3 is 2.58 bits per heavy atom. The number of aliphatic hydroxyl groups excluding tert-OH is 1. The van der Waals surface area contributed by atoms with Crippen LogP contribution >= 0.6 is 11.6 Å². The highest BCUT2D eigenvalue weighted by molar-refractivity contribution is 6.30. The van der Waals surface area contributed by atoms with Crippen LogP contribution in [-0.4, -0.2) is 72.5 Å². The van der Waals surface area contributed by atoms with E-state index in [9.17, 15) is 19.5 Å². The highest BCUT2D eigenvalue weighted by atomic mass is 35.5. The molecule has 0 bridgehead atoms. The third-order valence-electron chi connectivity index (χ3n) is 9.20. The molecular formula is C33H34ClFN4O6. The van der Waals surface area contributed by atoms with Crippen molar-refractivity contribution in [3.63, 3.8) is 0 Å². The maximum absolute atomic E-state index is 16.2. The monoisotopic (exact) mass is 636 g/mol. The van der Waals surface area contributed by atoms with Gasteiger partial charge in [0.2, 0.25) is 11.8 Å². The van der Waals surface area contributed by atoms with E-state index in [1.54, 1.807) is 36.5 Å². The van der Waals surface area contributed by atoms with Crippen molar-refractivity contribution in [3.8, 4) is 5.75 Å². The van der Waals surface area contributed by atoms with Crippen molar-refractivity contribution in [2.45, 2.75) is 50.6 Å². The Labute approximate surface area is 265 Å². The Hall–Kier alpha value is -4.06. The molecule has 236 valence electrons. The molecule has 10 nitrogen and oxygen atoms in total. The summed E-state index contributed by atoms with van der Waals surface area (Å²) in [6.45, 7) is 5.58. The Balaban J connectivity index is 1.60. The molecule has 2 fully saturated rings. The van der Waals surface area contributed by atoms with Crippen molar-refractivity contribution >= 4 is 40.8 Å². The van der Waals surface area contributed by atoms with Gasteiger partial charge in [0.05, 0.1) is 48.9 Å². The Morgan fingerprint density at radius 1 is 1.16 bits per heavy atom. The maximum atomic E-state index is 16.2. The molecule has 0 aliphatic carbocycles. The summed E-state index contributed by atoms with van der Waals surface area (Å²) in [5.74, 6) is -2.84. The number of hydrogen-bond donors (Lipinski definition) is 1. The lowest BCUT2D eigenvalue weighted by Crippen LogP contribution is -2.54. The molecule has 45 heavy (non-hydrogen) atoms. The molecule has 1 N–H and O–H groups in total. The number of methoxy groups -OCH3 is 2. The number of halogens is 2. The fourth-order valence-electron chi connectivity index (χ4n) is 7.49. The molecule has 4 heterocycles. The van der Waals surface area contributed by atoms with E-state index in [0.29, 0.717) is 23.4 Å². The first-order valence-electron chi connectivity index (χ1n) is 14.5.